The number of carbonyl (C=O) groups is 1. The largest absolute Gasteiger partial charge is 0.573 e. The summed E-state index contributed by atoms with van der Waals surface area (Å²) in [6, 6.07) is 3.33. The molecular weight excluding hydrogens is 460 g/mol. The lowest BCUT2D eigenvalue weighted by Crippen LogP contribution is -2.26. The SMILES string of the molecule is COC(C(N)=O)c1c(S(C)=O)c(C#N)nn1-c1c(Cl)cc(OC(F)(F)F)cc1Cl. The van der Waals surface area contributed by atoms with Gasteiger partial charge in [-0.2, -0.15) is 10.4 Å². The lowest BCUT2D eigenvalue weighted by atomic mass is 10.2. The van der Waals surface area contributed by atoms with Crippen LogP contribution in [-0.2, 0) is 20.3 Å². The zero-order valence-electron chi connectivity index (χ0n) is 14.6. The standard InChI is InChI=1S/C15H11Cl2F3N4O4S/c1-27-12(14(22)25)11-13(29(2)26)9(5-21)23-24(11)10-7(16)3-6(4-8(10)17)28-15(18,19)20/h3-4,12H,1-2H3,(H2,22,25). The van der Waals surface area contributed by atoms with Crippen LogP contribution in [0.25, 0.3) is 5.69 Å². The number of benzene rings is 1. The van der Waals surface area contributed by atoms with Crippen LogP contribution >= 0.6 is 23.2 Å². The predicted molar refractivity (Wildman–Crippen MR) is 96.3 cm³/mol. The van der Waals surface area contributed by atoms with Crippen molar-refractivity contribution >= 4 is 39.9 Å². The van der Waals surface area contributed by atoms with Crippen LogP contribution in [0.3, 0.4) is 0 Å². The third-order valence-corrected chi connectivity index (χ3v) is 5.00. The fourth-order valence-corrected chi connectivity index (χ4v) is 3.95. The van der Waals surface area contributed by atoms with Crippen molar-refractivity contribution in [2.24, 2.45) is 5.73 Å². The minimum absolute atomic E-state index is 0.166. The first kappa shape index (κ1) is 23.0. The third-order valence-electron chi connectivity index (χ3n) is 3.45. The van der Waals surface area contributed by atoms with Gasteiger partial charge in [-0.25, -0.2) is 4.68 Å². The van der Waals surface area contributed by atoms with Gasteiger partial charge in [-0.15, -0.1) is 13.2 Å². The molecule has 1 aromatic heterocycles. The Bertz CT molecular complexity index is 1010. The first-order chi connectivity index (χ1) is 13.4. The van der Waals surface area contributed by atoms with Gasteiger partial charge in [0.25, 0.3) is 5.91 Å². The molecule has 2 atom stereocenters. The number of ether oxygens (including phenoxy) is 2. The number of primary amides is 1. The fraction of sp³-hybridized carbons (Fsp3) is 0.267. The monoisotopic (exact) mass is 470 g/mol. The molecular formula is C15H11Cl2F3N4O4S. The Labute approximate surface area is 174 Å². The van der Waals surface area contributed by atoms with Crippen LogP contribution in [0.1, 0.15) is 17.5 Å². The third kappa shape index (κ3) is 4.81. The van der Waals surface area contributed by atoms with Gasteiger partial charge in [0.1, 0.15) is 28.1 Å². The van der Waals surface area contributed by atoms with Crippen molar-refractivity contribution < 1.29 is 31.6 Å². The Hall–Kier alpha value is -2.33. The molecule has 0 radical (unpaired) electrons. The Kier molecular flexibility index (Phi) is 6.79. The summed E-state index contributed by atoms with van der Waals surface area (Å²) in [4.78, 5) is 11.7. The van der Waals surface area contributed by atoms with Gasteiger partial charge in [0.2, 0.25) is 0 Å². The molecule has 0 aliphatic rings. The number of amides is 1. The average molecular weight is 471 g/mol. The van der Waals surface area contributed by atoms with E-state index in [4.69, 9.17) is 33.7 Å². The summed E-state index contributed by atoms with van der Waals surface area (Å²) < 4.78 is 59.3. The molecule has 14 heteroatoms. The van der Waals surface area contributed by atoms with E-state index in [-0.39, 0.29) is 32.0 Å². The zero-order valence-corrected chi connectivity index (χ0v) is 16.9. The molecule has 29 heavy (non-hydrogen) atoms. The van der Waals surface area contributed by atoms with E-state index in [9.17, 15) is 27.4 Å². The van der Waals surface area contributed by atoms with Crippen LogP contribution in [0.4, 0.5) is 13.2 Å². The lowest BCUT2D eigenvalue weighted by Gasteiger charge is -2.18. The maximum atomic E-state index is 12.5. The number of aromatic nitrogens is 2. The molecule has 1 aromatic carbocycles. The quantitative estimate of drug-likeness (QED) is 0.692. The number of hydrogen-bond donors (Lipinski definition) is 1. The summed E-state index contributed by atoms with van der Waals surface area (Å²) in [6.45, 7) is 0. The summed E-state index contributed by atoms with van der Waals surface area (Å²) in [6.07, 6.45) is -5.27. The van der Waals surface area contributed by atoms with Crippen LogP contribution in [0.15, 0.2) is 17.0 Å². The molecule has 2 N–H and O–H groups in total. The molecule has 1 heterocycles. The number of nitrogens with zero attached hydrogens (tertiary/aromatic N) is 3. The van der Waals surface area contributed by atoms with E-state index in [1.165, 1.54) is 6.26 Å². The maximum absolute atomic E-state index is 12.5. The van der Waals surface area contributed by atoms with E-state index in [2.05, 4.69) is 9.84 Å². The van der Waals surface area contributed by atoms with Gasteiger partial charge >= 0.3 is 6.36 Å². The smallest absolute Gasteiger partial charge is 0.406 e. The minimum atomic E-state index is -4.99. The molecule has 2 rings (SSSR count). The highest BCUT2D eigenvalue weighted by Crippen LogP contribution is 2.38. The fourth-order valence-electron chi connectivity index (χ4n) is 2.47. The molecule has 0 saturated heterocycles. The molecule has 0 aliphatic heterocycles. The summed E-state index contributed by atoms with van der Waals surface area (Å²) in [7, 11) is -0.698. The van der Waals surface area contributed by atoms with E-state index in [0.29, 0.717) is 0 Å². The molecule has 156 valence electrons. The first-order valence-electron chi connectivity index (χ1n) is 7.35. The normalized spacial score (nSPS) is 13.6. The number of halogens is 5. The van der Waals surface area contributed by atoms with Gasteiger partial charge in [0.05, 0.1) is 20.8 Å². The van der Waals surface area contributed by atoms with Gasteiger partial charge in [-0.3, -0.25) is 9.00 Å². The number of hydrogen-bond acceptors (Lipinski definition) is 6. The highest BCUT2D eigenvalue weighted by atomic mass is 35.5. The van der Waals surface area contributed by atoms with Crippen molar-refractivity contribution in [1.82, 2.24) is 9.78 Å². The van der Waals surface area contributed by atoms with Crippen LogP contribution in [0, 0.1) is 11.3 Å². The highest BCUT2D eigenvalue weighted by molar-refractivity contribution is 7.84. The van der Waals surface area contributed by atoms with E-state index < -0.39 is 34.9 Å². The Morgan fingerprint density at radius 3 is 2.31 bits per heavy atom. The highest BCUT2D eigenvalue weighted by Gasteiger charge is 2.34. The van der Waals surface area contributed by atoms with Crippen LogP contribution in [0.2, 0.25) is 10.0 Å². The van der Waals surface area contributed by atoms with Crippen LogP contribution < -0.4 is 10.5 Å². The van der Waals surface area contributed by atoms with Crippen molar-refractivity contribution in [1.29, 1.82) is 5.26 Å². The second kappa shape index (κ2) is 8.58. The molecule has 2 unspecified atom stereocenters. The van der Waals surface area contributed by atoms with Crippen LogP contribution in [-0.4, -0.2) is 39.6 Å². The van der Waals surface area contributed by atoms with E-state index >= 15 is 0 Å². The molecule has 0 fully saturated rings. The van der Waals surface area contributed by atoms with Crippen LogP contribution in [0.5, 0.6) is 5.75 Å². The Morgan fingerprint density at radius 1 is 1.38 bits per heavy atom. The Balaban J connectivity index is 2.83. The summed E-state index contributed by atoms with van der Waals surface area (Å²) in [5, 5.41) is 12.5. The maximum Gasteiger partial charge on any atom is 0.573 e. The summed E-state index contributed by atoms with van der Waals surface area (Å²) in [5.41, 5.74) is 4.57. The molecule has 1 amide bonds. The molecule has 0 spiro atoms. The predicted octanol–water partition coefficient (Wildman–Crippen LogP) is 2.86. The van der Waals surface area contributed by atoms with Crippen molar-refractivity contribution in [2.45, 2.75) is 17.4 Å². The number of nitrogens with two attached hydrogens (primary N) is 1. The van der Waals surface area contributed by atoms with Gasteiger partial charge in [-0.05, 0) is 0 Å². The van der Waals surface area contributed by atoms with Gasteiger partial charge in [0.15, 0.2) is 11.8 Å². The van der Waals surface area contributed by atoms with E-state index in [0.717, 1.165) is 23.9 Å². The van der Waals surface area contributed by atoms with E-state index in [1.807, 2.05) is 0 Å². The second-order valence-corrected chi connectivity index (χ2v) is 7.47. The number of rotatable bonds is 6. The number of carbonyl (C=O) groups excluding carboxylic acids is 1. The number of methoxy groups -OCH3 is 1. The lowest BCUT2D eigenvalue weighted by molar-refractivity contribution is -0.274. The molecule has 2 aromatic rings. The number of nitriles is 1. The van der Waals surface area contributed by atoms with Crippen molar-refractivity contribution in [3.05, 3.63) is 33.6 Å². The molecule has 0 saturated carbocycles. The Morgan fingerprint density at radius 2 is 1.93 bits per heavy atom. The minimum Gasteiger partial charge on any atom is -0.406 e. The van der Waals surface area contributed by atoms with E-state index in [1.54, 1.807) is 6.07 Å². The average Bonchev–Trinajstić information content (AvgIpc) is 2.92. The first-order valence-corrected chi connectivity index (χ1v) is 9.66. The van der Waals surface area contributed by atoms with Crippen molar-refractivity contribution in [2.75, 3.05) is 13.4 Å². The zero-order chi connectivity index (χ0) is 22.1. The summed E-state index contributed by atoms with van der Waals surface area (Å²) >= 11 is 12.1. The topological polar surface area (TPSA) is 120 Å². The number of alkyl halides is 3. The molecule has 8 nitrogen and oxygen atoms in total. The molecule has 0 bridgehead atoms. The van der Waals surface area contributed by atoms with Crippen molar-refractivity contribution in [3.8, 4) is 17.5 Å². The second-order valence-electron chi connectivity index (χ2n) is 5.34. The van der Waals surface area contributed by atoms with Gasteiger partial charge < -0.3 is 15.2 Å². The van der Waals surface area contributed by atoms with Gasteiger partial charge in [0, 0.05) is 25.5 Å². The van der Waals surface area contributed by atoms with Crippen molar-refractivity contribution in [3.63, 3.8) is 0 Å². The molecule has 0 aliphatic carbocycles. The summed E-state index contributed by atoms with van der Waals surface area (Å²) in [5.74, 6) is -1.71. The van der Waals surface area contributed by atoms with Gasteiger partial charge in [-0.1, -0.05) is 23.2 Å².